The van der Waals surface area contributed by atoms with E-state index in [1.807, 2.05) is 37.3 Å². The first-order chi connectivity index (χ1) is 10.3. The number of nitrogens with zero attached hydrogens (tertiary/aromatic N) is 3. The Balaban J connectivity index is 1.88. The van der Waals surface area contributed by atoms with Crippen LogP contribution in [-0.4, -0.2) is 15.0 Å². The second kappa shape index (κ2) is 5.95. The van der Waals surface area contributed by atoms with Gasteiger partial charge in [-0.25, -0.2) is 9.97 Å². The fourth-order valence-electron chi connectivity index (χ4n) is 2.35. The molecule has 106 valence electrons. The van der Waals surface area contributed by atoms with E-state index in [1.54, 1.807) is 6.20 Å². The number of nitrogens with one attached hydrogen (secondary N) is 1. The minimum Gasteiger partial charge on any atom is -0.271 e. The molecule has 0 saturated carbocycles. The lowest BCUT2D eigenvalue weighted by molar-refractivity contribution is 0.531. The van der Waals surface area contributed by atoms with Crippen molar-refractivity contribution in [3.05, 3.63) is 65.9 Å². The molecule has 0 fully saturated rings. The molecule has 2 aromatic heterocycles. The zero-order valence-corrected chi connectivity index (χ0v) is 11.8. The van der Waals surface area contributed by atoms with Crippen LogP contribution in [-0.2, 0) is 6.42 Å². The number of rotatable bonds is 4. The molecule has 0 aliphatic rings. The van der Waals surface area contributed by atoms with Gasteiger partial charge >= 0.3 is 0 Å². The van der Waals surface area contributed by atoms with E-state index in [0.29, 0.717) is 6.42 Å². The van der Waals surface area contributed by atoms with Gasteiger partial charge in [0, 0.05) is 23.7 Å². The van der Waals surface area contributed by atoms with Crippen LogP contribution in [0.3, 0.4) is 0 Å². The van der Waals surface area contributed by atoms with E-state index in [9.17, 15) is 0 Å². The standard InChI is InChI=1S/C16H17N5/c1-11-18-9-8-15(19-11)16(21-17)10-13-7-6-12-4-2-3-5-14(12)20-13/h2-9,16,21H,10,17H2,1H3. The number of benzene rings is 1. The smallest absolute Gasteiger partial charge is 0.125 e. The fourth-order valence-corrected chi connectivity index (χ4v) is 2.35. The summed E-state index contributed by atoms with van der Waals surface area (Å²) in [5.74, 6) is 6.41. The Labute approximate surface area is 123 Å². The molecule has 3 rings (SSSR count). The van der Waals surface area contributed by atoms with E-state index in [2.05, 4.69) is 32.5 Å². The molecule has 1 unspecified atom stereocenters. The Morgan fingerprint density at radius 1 is 1.10 bits per heavy atom. The van der Waals surface area contributed by atoms with Crippen LogP contribution >= 0.6 is 0 Å². The highest BCUT2D eigenvalue weighted by molar-refractivity contribution is 5.78. The molecule has 21 heavy (non-hydrogen) atoms. The summed E-state index contributed by atoms with van der Waals surface area (Å²) < 4.78 is 0. The van der Waals surface area contributed by atoms with Crippen molar-refractivity contribution in [3.63, 3.8) is 0 Å². The lowest BCUT2D eigenvalue weighted by Crippen LogP contribution is -2.30. The Kier molecular flexibility index (Phi) is 3.85. The summed E-state index contributed by atoms with van der Waals surface area (Å²) in [6.07, 6.45) is 2.42. The van der Waals surface area contributed by atoms with Crippen LogP contribution in [0.2, 0.25) is 0 Å². The van der Waals surface area contributed by atoms with Gasteiger partial charge in [0.15, 0.2) is 0 Å². The van der Waals surface area contributed by atoms with Crippen molar-refractivity contribution in [2.75, 3.05) is 0 Å². The highest BCUT2D eigenvalue weighted by atomic mass is 15.2. The monoisotopic (exact) mass is 279 g/mol. The van der Waals surface area contributed by atoms with Gasteiger partial charge < -0.3 is 0 Å². The Hall–Kier alpha value is -2.37. The average molecular weight is 279 g/mol. The number of hydrogen-bond donors (Lipinski definition) is 2. The maximum Gasteiger partial charge on any atom is 0.125 e. The highest BCUT2D eigenvalue weighted by Crippen LogP contribution is 2.17. The molecule has 0 bridgehead atoms. The van der Waals surface area contributed by atoms with E-state index in [4.69, 9.17) is 5.84 Å². The number of fused-ring (bicyclic) bond motifs is 1. The predicted octanol–water partition coefficient (Wildman–Crippen LogP) is 2.08. The van der Waals surface area contributed by atoms with Crippen molar-refractivity contribution < 1.29 is 0 Å². The summed E-state index contributed by atoms with van der Waals surface area (Å²) in [6.45, 7) is 1.87. The van der Waals surface area contributed by atoms with Gasteiger partial charge in [0.25, 0.3) is 0 Å². The van der Waals surface area contributed by atoms with E-state index < -0.39 is 0 Å². The summed E-state index contributed by atoms with van der Waals surface area (Å²) in [7, 11) is 0. The van der Waals surface area contributed by atoms with Gasteiger partial charge in [-0.1, -0.05) is 24.3 Å². The molecule has 0 aliphatic heterocycles. The van der Waals surface area contributed by atoms with Crippen LogP contribution in [0.4, 0.5) is 0 Å². The van der Waals surface area contributed by atoms with Crippen molar-refractivity contribution in [1.29, 1.82) is 0 Å². The molecule has 0 spiro atoms. The van der Waals surface area contributed by atoms with Crippen LogP contribution in [0, 0.1) is 6.92 Å². The lowest BCUT2D eigenvalue weighted by Gasteiger charge is -2.15. The Morgan fingerprint density at radius 3 is 2.76 bits per heavy atom. The van der Waals surface area contributed by atoms with E-state index in [1.165, 1.54) is 0 Å². The highest BCUT2D eigenvalue weighted by Gasteiger charge is 2.13. The average Bonchev–Trinajstić information content (AvgIpc) is 2.52. The molecule has 5 heteroatoms. The molecule has 0 saturated heterocycles. The second-order valence-corrected chi connectivity index (χ2v) is 4.95. The first kappa shape index (κ1) is 13.6. The number of hydrazine groups is 1. The normalized spacial score (nSPS) is 12.5. The molecular formula is C16H17N5. The topological polar surface area (TPSA) is 76.7 Å². The van der Waals surface area contributed by atoms with Gasteiger partial charge in [-0.05, 0) is 25.1 Å². The number of aryl methyl sites for hydroxylation is 1. The predicted molar refractivity (Wildman–Crippen MR) is 82.3 cm³/mol. The third-order valence-electron chi connectivity index (χ3n) is 3.43. The Bertz CT molecular complexity index is 756. The maximum absolute atomic E-state index is 5.68. The summed E-state index contributed by atoms with van der Waals surface area (Å²) >= 11 is 0. The number of para-hydroxylation sites is 1. The zero-order chi connectivity index (χ0) is 14.7. The minimum absolute atomic E-state index is 0.0830. The second-order valence-electron chi connectivity index (χ2n) is 4.95. The Morgan fingerprint density at radius 2 is 1.95 bits per heavy atom. The van der Waals surface area contributed by atoms with Crippen LogP contribution in [0.5, 0.6) is 0 Å². The third kappa shape index (κ3) is 3.04. The van der Waals surface area contributed by atoms with Crippen LogP contribution in [0.15, 0.2) is 48.7 Å². The molecule has 3 N–H and O–H groups in total. The third-order valence-corrected chi connectivity index (χ3v) is 3.43. The summed E-state index contributed by atoms with van der Waals surface area (Å²) in [5, 5.41) is 1.14. The van der Waals surface area contributed by atoms with Crippen molar-refractivity contribution in [2.45, 2.75) is 19.4 Å². The molecule has 0 radical (unpaired) electrons. The van der Waals surface area contributed by atoms with Crippen molar-refractivity contribution in [3.8, 4) is 0 Å². The van der Waals surface area contributed by atoms with Crippen LogP contribution in [0.1, 0.15) is 23.3 Å². The number of nitrogens with two attached hydrogens (primary N) is 1. The van der Waals surface area contributed by atoms with Crippen molar-refractivity contribution in [1.82, 2.24) is 20.4 Å². The molecular weight excluding hydrogens is 262 g/mol. The molecule has 3 aromatic rings. The fraction of sp³-hybridized carbons (Fsp3) is 0.188. The summed E-state index contributed by atoms with van der Waals surface area (Å²) in [4.78, 5) is 13.2. The number of pyridine rings is 1. The van der Waals surface area contributed by atoms with Crippen molar-refractivity contribution in [2.24, 2.45) is 5.84 Å². The van der Waals surface area contributed by atoms with Gasteiger partial charge in [0.05, 0.1) is 17.3 Å². The van der Waals surface area contributed by atoms with E-state index in [-0.39, 0.29) is 6.04 Å². The molecule has 0 amide bonds. The quantitative estimate of drug-likeness (QED) is 0.565. The summed E-state index contributed by atoms with van der Waals surface area (Å²) in [5.41, 5.74) is 5.66. The SMILES string of the molecule is Cc1nccc(C(Cc2ccc3ccccc3n2)NN)n1. The molecule has 0 aliphatic carbocycles. The van der Waals surface area contributed by atoms with Crippen LogP contribution in [0.25, 0.3) is 10.9 Å². The van der Waals surface area contributed by atoms with Gasteiger partial charge in [-0.3, -0.25) is 16.3 Å². The van der Waals surface area contributed by atoms with Crippen LogP contribution < -0.4 is 11.3 Å². The number of hydrogen-bond acceptors (Lipinski definition) is 5. The largest absolute Gasteiger partial charge is 0.271 e. The first-order valence-corrected chi connectivity index (χ1v) is 6.86. The summed E-state index contributed by atoms with van der Waals surface area (Å²) in [6, 6.07) is 14.0. The molecule has 1 aromatic carbocycles. The van der Waals surface area contributed by atoms with E-state index in [0.717, 1.165) is 28.1 Å². The molecule has 2 heterocycles. The molecule has 1 atom stereocenters. The zero-order valence-electron chi connectivity index (χ0n) is 11.8. The number of aromatic nitrogens is 3. The lowest BCUT2D eigenvalue weighted by atomic mass is 10.1. The van der Waals surface area contributed by atoms with Crippen molar-refractivity contribution >= 4 is 10.9 Å². The van der Waals surface area contributed by atoms with Gasteiger partial charge in [-0.2, -0.15) is 0 Å². The van der Waals surface area contributed by atoms with Gasteiger partial charge in [-0.15, -0.1) is 0 Å². The van der Waals surface area contributed by atoms with Gasteiger partial charge in [0.1, 0.15) is 5.82 Å². The minimum atomic E-state index is -0.0830. The molecule has 5 nitrogen and oxygen atoms in total. The maximum atomic E-state index is 5.68. The van der Waals surface area contributed by atoms with Gasteiger partial charge in [0.2, 0.25) is 0 Å². The first-order valence-electron chi connectivity index (χ1n) is 6.86. The van der Waals surface area contributed by atoms with E-state index >= 15 is 0 Å².